The molecule has 1 atom stereocenters. The molecule has 0 aliphatic carbocycles. The number of hydrogen-bond acceptors (Lipinski definition) is 1. The first kappa shape index (κ1) is 10.3. The fourth-order valence-corrected chi connectivity index (χ4v) is 1.33. The zero-order valence-corrected chi connectivity index (χ0v) is 8.80. The highest BCUT2D eigenvalue weighted by atomic mass is 14.9. The van der Waals surface area contributed by atoms with Gasteiger partial charge in [0.15, 0.2) is 0 Å². The standard InChI is InChI=1S/C12H19N/c1-4-9-13-11(3)12-7-5-10(2)6-8-12/h5-8,11,13H,4,9H2,1-3H3/t11-/m1/s1. The summed E-state index contributed by atoms with van der Waals surface area (Å²) in [4.78, 5) is 0. The normalized spacial score (nSPS) is 12.8. The fraction of sp³-hybridized carbons (Fsp3) is 0.500. The lowest BCUT2D eigenvalue weighted by atomic mass is 10.1. The molecule has 13 heavy (non-hydrogen) atoms. The summed E-state index contributed by atoms with van der Waals surface area (Å²) in [5.74, 6) is 0. The fourth-order valence-electron chi connectivity index (χ4n) is 1.33. The molecule has 0 saturated heterocycles. The van der Waals surface area contributed by atoms with E-state index in [9.17, 15) is 0 Å². The summed E-state index contributed by atoms with van der Waals surface area (Å²) >= 11 is 0. The molecule has 0 spiro atoms. The van der Waals surface area contributed by atoms with E-state index in [0.717, 1.165) is 6.54 Å². The molecule has 0 bridgehead atoms. The second-order valence-electron chi connectivity index (χ2n) is 3.59. The van der Waals surface area contributed by atoms with Gasteiger partial charge in [-0.3, -0.25) is 0 Å². The smallest absolute Gasteiger partial charge is 0.0291 e. The molecule has 0 aromatic heterocycles. The Morgan fingerprint density at radius 1 is 1.23 bits per heavy atom. The van der Waals surface area contributed by atoms with Crippen LogP contribution in [0.1, 0.15) is 37.4 Å². The second-order valence-corrected chi connectivity index (χ2v) is 3.59. The van der Waals surface area contributed by atoms with Gasteiger partial charge in [0.2, 0.25) is 0 Å². The van der Waals surface area contributed by atoms with Crippen LogP contribution in [0.3, 0.4) is 0 Å². The second kappa shape index (κ2) is 5.03. The van der Waals surface area contributed by atoms with Gasteiger partial charge in [0, 0.05) is 6.04 Å². The van der Waals surface area contributed by atoms with Crippen LogP contribution in [0.2, 0.25) is 0 Å². The Morgan fingerprint density at radius 3 is 2.38 bits per heavy atom. The summed E-state index contributed by atoms with van der Waals surface area (Å²) in [7, 11) is 0. The topological polar surface area (TPSA) is 12.0 Å². The SMILES string of the molecule is CCCN[C@H](C)c1ccc(C)cc1. The molecule has 72 valence electrons. The van der Waals surface area contributed by atoms with Crippen molar-refractivity contribution in [2.45, 2.75) is 33.2 Å². The van der Waals surface area contributed by atoms with Gasteiger partial charge >= 0.3 is 0 Å². The summed E-state index contributed by atoms with van der Waals surface area (Å²) in [5.41, 5.74) is 2.70. The maximum absolute atomic E-state index is 3.47. The Labute approximate surface area is 81.2 Å². The van der Waals surface area contributed by atoms with Crippen molar-refractivity contribution in [2.24, 2.45) is 0 Å². The Kier molecular flexibility index (Phi) is 3.97. The van der Waals surface area contributed by atoms with Crippen LogP contribution in [0.5, 0.6) is 0 Å². The van der Waals surface area contributed by atoms with Crippen molar-refractivity contribution in [1.29, 1.82) is 0 Å². The monoisotopic (exact) mass is 177 g/mol. The first-order valence-electron chi connectivity index (χ1n) is 5.04. The third-order valence-electron chi connectivity index (χ3n) is 2.28. The molecule has 0 unspecified atom stereocenters. The molecule has 0 radical (unpaired) electrons. The Balaban J connectivity index is 2.55. The average molecular weight is 177 g/mol. The van der Waals surface area contributed by atoms with Crippen molar-refractivity contribution in [3.05, 3.63) is 35.4 Å². The van der Waals surface area contributed by atoms with Gasteiger partial charge in [-0.15, -0.1) is 0 Å². The highest BCUT2D eigenvalue weighted by Gasteiger charge is 2.01. The Morgan fingerprint density at radius 2 is 1.85 bits per heavy atom. The minimum absolute atomic E-state index is 0.473. The highest BCUT2D eigenvalue weighted by molar-refractivity contribution is 5.23. The Hall–Kier alpha value is -0.820. The number of aryl methyl sites for hydroxylation is 1. The Bertz CT molecular complexity index is 238. The van der Waals surface area contributed by atoms with Crippen LogP contribution in [-0.4, -0.2) is 6.54 Å². The lowest BCUT2D eigenvalue weighted by Gasteiger charge is -2.13. The maximum atomic E-state index is 3.47. The van der Waals surface area contributed by atoms with Gasteiger partial charge in [0.05, 0.1) is 0 Å². The van der Waals surface area contributed by atoms with Crippen molar-refractivity contribution in [1.82, 2.24) is 5.32 Å². The molecular weight excluding hydrogens is 158 g/mol. The lowest BCUT2D eigenvalue weighted by molar-refractivity contribution is 0.570. The van der Waals surface area contributed by atoms with Gasteiger partial charge in [-0.05, 0) is 32.4 Å². The minimum Gasteiger partial charge on any atom is -0.310 e. The zero-order chi connectivity index (χ0) is 9.68. The van der Waals surface area contributed by atoms with E-state index in [4.69, 9.17) is 0 Å². The van der Waals surface area contributed by atoms with E-state index in [-0.39, 0.29) is 0 Å². The van der Waals surface area contributed by atoms with Crippen LogP contribution in [0.15, 0.2) is 24.3 Å². The molecule has 0 amide bonds. The number of rotatable bonds is 4. The summed E-state index contributed by atoms with van der Waals surface area (Å²) in [6.45, 7) is 7.61. The number of nitrogens with one attached hydrogen (secondary N) is 1. The van der Waals surface area contributed by atoms with Crippen LogP contribution in [0.4, 0.5) is 0 Å². The molecule has 0 aliphatic heterocycles. The van der Waals surface area contributed by atoms with Gasteiger partial charge in [-0.25, -0.2) is 0 Å². The zero-order valence-electron chi connectivity index (χ0n) is 8.80. The quantitative estimate of drug-likeness (QED) is 0.745. The van der Waals surface area contributed by atoms with Crippen molar-refractivity contribution in [2.75, 3.05) is 6.54 Å². The summed E-state index contributed by atoms with van der Waals surface area (Å²) < 4.78 is 0. The van der Waals surface area contributed by atoms with Crippen LogP contribution in [0, 0.1) is 6.92 Å². The summed E-state index contributed by atoms with van der Waals surface area (Å²) in [6, 6.07) is 9.20. The van der Waals surface area contributed by atoms with E-state index in [1.54, 1.807) is 0 Å². The van der Waals surface area contributed by atoms with Crippen LogP contribution in [-0.2, 0) is 0 Å². The van der Waals surface area contributed by atoms with Gasteiger partial charge in [-0.2, -0.15) is 0 Å². The maximum Gasteiger partial charge on any atom is 0.0291 e. The van der Waals surface area contributed by atoms with E-state index in [2.05, 4.69) is 50.4 Å². The molecule has 1 heteroatoms. The third kappa shape index (κ3) is 3.19. The lowest BCUT2D eigenvalue weighted by Crippen LogP contribution is -2.19. The molecule has 0 heterocycles. The van der Waals surface area contributed by atoms with Crippen molar-refractivity contribution >= 4 is 0 Å². The molecule has 1 N–H and O–H groups in total. The van der Waals surface area contributed by atoms with Crippen LogP contribution in [0.25, 0.3) is 0 Å². The molecular formula is C12H19N. The van der Waals surface area contributed by atoms with E-state index >= 15 is 0 Å². The average Bonchev–Trinajstić information content (AvgIpc) is 2.15. The van der Waals surface area contributed by atoms with Crippen molar-refractivity contribution in [3.63, 3.8) is 0 Å². The highest BCUT2D eigenvalue weighted by Crippen LogP contribution is 2.12. The minimum atomic E-state index is 0.473. The van der Waals surface area contributed by atoms with Gasteiger partial charge in [0.1, 0.15) is 0 Å². The predicted octanol–water partition coefficient (Wildman–Crippen LogP) is 3.06. The van der Waals surface area contributed by atoms with Crippen molar-refractivity contribution in [3.8, 4) is 0 Å². The predicted molar refractivity (Wildman–Crippen MR) is 57.9 cm³/mol. The van der Waals surface area contributed by atoms with Crippen molar-refractivity contribution < 1.29 is 0 Å². The van der Waals surface area contributed by atoms with E-state index in [1.165, 1.54) is 17.5 Å². The van der Waals surface area contributed by atoms with Gasteiger partial charge < -0.3 is 5.32 Å². The largest absolute Gasteiger partial charge is 0.310 e. The molecule has 1 aromatic rings. The van der Waals surface area contributed by atoms with Crippen LogP contribution >= 0.6 is 0 Å². The summed E-state index contributed by atoms with van der Waals surface area (Å²) in [5, 5.41) is 3.47. The summed E-state index contributed by atoms with van der Waals surface area (Å²) in [6.07, 6.45) is 1.19. The van der Waals surface area contributed by atoms with Crippen LogP contribution < -0.4 is 5.32 Å². The molecule has 0 fully saturated rings. The molecule has 0 saturated carbocycles. The molecule has 1 rings (SSSR count). The van der Waals surface area contributed by atoms with Gasteiger partial charge in [0.25, 0.3) is 0 Å². The molecule has 1 aromatic carbocycles. The van der Waals surface area contributed by atoms with E-state index in [0.29, 0.717) is 6.04 Å². The van der Waals surface area contributed by atoms with E-state index in [1.807, 2.05) is 0 Å². The first-order valence-corrected chi connectivity index (χ1v) is 5.04. The third-order valence-corrected chi connectivity index (χ3v) is 2.28. The number of hydrogen-bond donors (Lipinski definition) is 1. The number of benzene rings is 1. The first-order chi connectivity index (χ1) is 6.24. The van der Waals surface area contributed by atoms with Gasteiger partial charge in [-0.1, -0.05) is 36.8 Å². The van der Waals surface area contributed by atoms with E-state index < -0.39 is 0 Å². The molecule has 1 nitrogen and oxygen atoms in total. The molecule has 0 aliphatic rings.